The summed E-state index contributed by atoms with van der Waals surface area (Å²) in [6.45, 7) is 1.37. The molecule has 3 nitrogen and oxygen atoms in total. The third-order valence-electron chi connectivity index (χ3n) is 7.83. The summed E-state index contributed by atoms with van der Waals surface area (Å²) in [5, 5.41) is 0. The summed E-state index contributed by atoms with van der Waals surface area (Å²) in [5.41, 5.74) is 3.02. The van der Waals surface area contributed by atoms with Crippen LogP contribution >= 0.6 is 0 Å². The van der Waals surface area contributed by atoms with E-state index in [-0.39, 0.29) is 17.2 Å². The minimum Gasteiger partial charge on any atom is -0.427 e. The first-order valence-electron chi connectivity index (χ1n) is 11.7. The first-order valence-corrected chi connectivity index (χ1v) is 11.7. The fourth-order valence-electron chi connectivity index (χ4n) is 6.43. The van der Waals surface area contributed by atoms with Gasteiger partial charge in [0, 0.05) is 18.1 Å². The number of ketones is 1. The van der Waals surface area contributed by atoms with Gasteiger partial charge in [-0.25, -0.2) is 0 Å². The standard InChI is InChI=1S/C28H30O3/c1-19(29)31-25-13-9-22(10-14-25)27(30)21-7-11-24(12-8-21)28(15-3-2-4-16-28)26-18-20-5-6-23(26)17-20/h5-14,20,23,26H,2-4,15-18H2,1H3. The molecule has 0 radical (unpaired) electrons. The van der Waals surface area contributed by atoms with Gasteiger partial charge in [0.15, 0.2) is 5.78 Å². The van der Waals surface area contributed by atoms with Crippen molar-refractivity contribution in [2.75, 3.05) is 0 Å². The molecule has 2 aromatic rings. The molecule has 2 aromatic carbocycles. The van der Waals surface area contributed by atoms with Crippen LogP contribution in [0.3, 0.4) is 0 Å². The molecule has 3 unspecified atom stereocenters. The summed E-state index contributed by atoms with van der Waals surface area (Å²) in [7, 11) is 0. The summed E-state index contributed by atoms with van der Waals surface area (Å²) in [4.78, 5) is 24.1. The molecule has 3 heteroatoms. The van der Waals surface area contributed by atoms with Gasteiger partial charge in [0.1, 0.15) is 5.75 Å². The van der Waals surface area contributed by atoms with Crippen LogP contribution in [0.2, 0.25) is 0 Å². The van der Waals surface area contributed by atoms with E-state index in [2.05, 4.69) is 24.3 Å². The zero-order valence-electron chi connectivity index (χ0n) is 18.2. The van der Waals surface area contributed by atoms with Gasteiger partial charge in [0.25, 0.3) is 0 Å². The molecule has 0 N–H and O–H groups in total. The van der Waals surface area contributed by atoms with Crippen LogP contribution in [0, 0.1) is 17.8 Å². The number of carbonyl (C=O) groups is 2. The van der Waals surface area contributed by atoms with Crippen LogP contribution in [0.25, 0.3) is 0 Å². The summed E-state index contributed by atoms with van der Waals surface area (Å²) >= 11 is 0. The second-order valence-electron chi connectivity index (χ2n) is 9.63. The lowest BCUT2D eigenvalue weighted by Gasteiger charge is -2.45. The van der Waals surface area contributed by atoms with E-state index in [9.17, 15) is 9.59 Å². The van der Waals surface area contributed by atoms with Gasteiger partial charge < -0.3 is 4.74 Å². The van der Waals surface area contributed by atoms with Crippen molar-refractivity contribution < 1.29 is 14.3 Å². The van der Waals surface area contributed by atoms with Crippen LogP contribution in [0.4, 0.5) is 0 Å². The van der Waals surface area contributed by atoms with Crippen LogP contribution in [-0.4, -0.2) is 11.8 Å². The van der Waals surface area contributed by atoms with Crippen molar-refractivity contribution in [1.82, 2.24) is 0 Å². The highest BCUT2D eigenvalue weighted by Crippen LogP contribution is 2.57. The lowest BCUT2D eigenvalue weighted by Crippen LogP contribution is -2.39. The Morgan fingerprint density at radius 1 is 0.839 bits per heavy atom. The zero-order valence-corrected chi connectivity index (χ0v) is 18.2. The average molecular weight is 415 g/mol. The van der Waals surface area contributed by atoms with Gasteiger partial charge in [-0.15, -0.1) is 0 Å². The van der Waals surface area contributed by atoms with E-state index in [1.165, 1.54) is 57.4 Å². The minimum absolute atomic E-state index is 0.00137. The molecule has 0 amide bonds. The van der Waals surface area contributed by atoms with Crippen LogP contribution < -0.4 is 4.74 Å². The number of esters is 1. The molecule has 5 rings (SSSR count). The maximum Gasteiger partial charge on any atom is 0.308 e. The molecule has 160 valence electrons. The molecule has 31 heavy (non-hydrogen) atoms. The van der Waals surface area contributed by atoms with Crippen molar-refractivity contribution in [3.63, 3.8) is 0 Å². The number of benzene rings is 2. The van der Waals surface area contributed by atoms with Crippen molar-refractivity contribution in [3.05, 3.63) is 77.4 Å². The van der Waals surface area contributed by atoms with E-state index in [0.29, 0.717) is 16.9 Å². The molecule has 2 bridgehead atoms. The molecule has 0 spiro atoms. The van der Waals surface area contributed by atoms with Crippen molar-refractivity contribution in [1.29, 1.82) is 0 Å². The van der Waals surface area contributed by atoms with E-state index >= 15 is 0 Å². The van der Waals surface area contributed by atoms with Crippen molar-refractivity contribution in [2.45, 2.75) is 57.3 Å². The number of hydrogen-bond acceptors (Lipinski definition) is 3. The van der Waals surface area contributed by atoms with Gasteiger partial charge in [-0.1, -0.05) is 55.7 Å². The lowest BCUT2D eigenvalue weighted by molar-refractivity contribution is -0.131. The molecular formula is C28H30O3. The fourth-order valence-corrected chi connectivity index (χ4v) is 6.43. The predicted molar refractivity (Wildman–Crippen MR) is 121 cm³/mol. The smallest absolute Gasteiger partial charge is 0.308 e. The number of hydrogen-bond donors (Lipinski definition) is 0. The maximum atomic E-state index is 13.0. The first kappa shape index (κ1) is 20.2. The molecule has 0 heterocycles. The molecular weight excluding hydrogens is 384 g/mol. The maximum absolute atomic E-state index is 13.0. The lowest BCUT2D eigenvalue weighted by atomic mass is 9.59. The predicted octanol–water partition coefficient (Wildman–Crippen LogP) is 6.26. The molecule has 3 aliphatic carbocycles. The number of ether oxygens (including phenoxy) is 1. The second-order valence-corrected chi connectivity index (χ2v) is 9.63. The van der Waals surface area contributed by atoms with Gasteiger partial charge in [0.05, 0.1) is 0 Å². The monoisotopic (exact) mass is 414 g/mol. The normalized spacial score (nSPS) is 26.0. The zero-order chi connectivity index (χ0) is 21.4. The van der Waals surface area contributed by atoms with Gasteiger partial charge in [-0.2, -0.15) is 0 Å². The Morgan fingerprint density at radius 2 is 1.48 bits per heavy atom. The van der Waals surface area contributed by atoms with Crippen molar-refractivity contribution in [3.8, 4) is 5.75 Å². The minimum atomic E-state index is -0.364. The molecule has 0 aliphatic heterocycles. The van der Waals surface area contributed by atoms with Crippen LogP contribution in [-0.2, 0) is 10.2 Å². The third kappa shape index (κ3) is 3.75. The summed E-state index contributed by atoms with van der Waals surface area (Å²) in [5.74, 6) is 2.36. The Labute approximate surface area is 184 Å². The molecule has 3 atom stereocenters. The highest BCUT2D eigenvalue weighted by atomic mass is 16.5. The molecule has 0 aromatic heterocycles. The molecule has 2 fully saturated rings. The molecule has 2 saturated carbocycles. The third-order valence-corrected chi connectivity index (χ3v) is 7.83. The number of allylic oxidation sites excluding steroid dienone is 2. The second kappa shape index (κ2) is 8.11. The van der Waals surface area contributed by atoms with Crippen LogP contribution in [0.1, 0.15) is 73.4 Å². The summed E-state index contributed by atoms with van der Waals surface area (Å²) in [6.07, 6.45) is 14.1. The Bertz CT molecular complexity index is 994. The Morgan fingerprint density at radius 3 is 2.03 bits per heavy atom. The topological polar surface area (TPSA) is 43.4 Å². The number of rotatable bonds is 5. The fraction of sp³-hybridized carbons (Fsp3) is 0.429. The quantitative estimate of drug-likeness (QED) is 0.251. The van der Waals surface area contributed by atoms with E-state index < -0.39 is 0 Å². The number of carbonyl (C=O) groups excluding carboxylic acids is 2. The van der Waals surface area contributed by atoms with E-state index in [0.717, 1.165) is 17.8 Å². The summed E-state index contributed by atoms with van der Waals surface area (Å²) in [6, 6.07) is 15.2. The van der Waals surface area contributed by atoms with Crippen LogP contribution in [0.5, 0.6) is 5.75 Å². The van der Waals surface area contributed by atoms with E-state index in [4.69, 9.17) is 4.74 Å². The summed E-state index contributed by atoms with van der Waals surface area (Å²) < 4.78 is 5.06. The van der Waals surface area contributed by atoms with Gasteiger partial charge >= 0.3 is 5.97 Å². The van der Waals surface area contributed by atoms with Crippen molar-refractivity contribution in [2.24, 2.45) is 17.8 Å². The Kier molecular flexibility index (Phi) is 5.29. The van der Waals surface area contributed by atoms with Gasteiger partial charge in [0.2, 0.25) is 0 Å². The van der Waals surface area contributed by atoms with Crippen LogP contribution in [0.15, 0.2) is 60.7 Å². The SMILES string of the molecule is CC(=O)Oc1ccc(C(=O)c2ccc(C3(C4CC5C=CC4C5)CCCCC3)cc2)cc1. The van der Waals surface area contributed by atoms with Gasteiger partial charge in [-0.3, -0.25) is 9.59 Å². The van der Waals surface area contributed by atoms with Crippen molar-refractivity contribution >= 4 is 11.8 Å². The molecule has 3 aliphatic rings. The van der Waals surface area contributed by atoms with Gasteiger partial charge in [-0.05, 0) is 78.7 Å². The average Bonchev–Trinajstić information content (AvgIpc) is 3.43. The highest BCUT2D eigenvalue weighted by Gasteiger charge is 2.49. The largest absolute Gasteiger partial charge is 0.427 e. The first-order chi connectivity index (χ1) is 15.0. The highest BCUT2D eigenvalue weighted by molar-refractivity contribution is 6.09. The van der Waals surface area contributed by atoms with E-state index in [1.807, 2.05) is 12.1 Å². The molecule has 0 saturated heterocycles. The Hall–Kier alpha value is -2.68. The Balaban J connectivity index is 1.38. The van der Waals surface area contributed by atoms with E-state index in [1.54, 1.807) is 24.3 Å². The number of fused-ring (bicyclic) bond motifs is 2.